The molecular formula is C33H26N6O3. The summed E-state index contributed by atoms with van der Waals surface area (Å²) >= 11 is 0. The monoisotopic (exact) mass is 554 g/mol. The molecular weight excluding hydrogens is 528 g/mol. The molecule has 0 aliphatic heterocycles. The van der Waals surface area contributed by atoms with Gasteiger partial charge in [0.2, 0.25) is 0 Å². The summed E-state index contributed by atoms with van der Waals surface area (Å²) in [5.74, 6) is -0.433. The number of carbonyl (C=O) groups is 2. The van der Waals surface area contributed by atoms with Crippen LogP contribution in [0.4, 0.5) is 5.82 Å². The van der Waals surface area contributed by atoms with Gasteiger partial charge in [-0.1, -0.05) is 48.5 Å². The number of anilines is 1. The molecule has 206 valence electrons. The van der Waals surface area contributed by atoms with Crippen LogP contribution in [0.25, 0.3) is 39.5 Å². The summed E-state index contributed by atoms with van der Waals surface area (Å²) in [6, 6.07) is 29.9. The van der Waals surface area contributed by atoms with Crippen LogP contribution < -0.4 is 11.1 Å². The predicted molar refractivity (Wildman–Crippen MR) is 161 cm³/mol. The molecule has 0 bridgehead atoms. The third-order valence-corrected chi connectivity index (χ3v) is 7.11. The van der Waals surface area contributed by atoms with Crippen molar-refractivity contribution in [2.75, 3.05) is 5.73 Å². The van der Waals surface area contributed by atoms with Crippen molar-refractivity contribution in [1.82, 2.24) is 24.8 Å². The van der Waals surface area contributed by atoms with Crippen LogP contribution in [-0.2, 0) is 6.54 Å². The number of imidazole rings is 1. The van der Waals surface area contributed by atoms with Crippen LogP contribution in [0.15, 0.2) is 103 Å². The first-order chi connectivity index (χ1) is 20.4. The largest absolute Gasteiger partial charge is 0.478 e. The van der Waals surface area contributed by atoms with Gasteiger partial charge in [0, 0.05) is 29.6 Å². The van der Waals surface area contributed by atoms with Crippen molar-refractivity contribution in [3.63, 3.8) is 0 Å². The molecule has 0 spiro atoms. The van der Waals surface area contributed by atoms with Crippen LogP contribution in [0.1, 0.15) is 31.8 Å². The Morgan fingerprint density at radius 2 is 1.62 bits per heavy atom. The maximum absolute atomic E-state index is 12.9. The summed E-state index contributed by atoms with van der Waals surface area (Å²) in [6.45, 7) is 1.89. The van der Waals surface area contributed by atoms with Crippen LogP contribution in [0.2, 0.25) is 0 Å². The van der Waals surface area contributed by atoms with Gasteiger partial charge in [-0.25, -0.2) is 19.7 Å². The Morgan fingerprint density at radius 1 is 0.857 bits per heavy atom. The number of nitrogens with one attached hydrogen (secondary N) is 1. The minimum absolute atomic E-state index is 0.105. The summed E-state index contributed by atoms with van der Waals surface area (Å²) in [4.78, 5) is 38.4. The molecule has 9 nitrogen and oxygen atoms in total. The van der Waals surface area contributed by atoms with Gasteiger partial charge in [0.15, 0.2) is 11.5 Å². The molecule has 3 aromatic carbocycles. The number of nitrogen functional groups attached to an aromatic ring is 1. The van der Waals surface area contributed by atoms with Gasteiger partial charge in [-0.2, -0.15) is 0 Å². The Bertz CT molecular complexity index is 1950. The highest BCUT2D eigenvalue weighted by Gasteiger charge is 2.19. The number of carboxylic acid groups (broad SMARTS) is 1. The third kappa shape index (κ3) is 4.95. The Balaban J connectivity index is 1.35. The standard InChI is InChI=1S/C33H26N6O3/c1-20-24(9-5-10-25(20)33(41)42)32(40)36-19-21-12-14-23(15-13-21)39-30(26-11-6-18-35-29(26)34)38-28-17-16-27(37-31(28)39)22-7-3-2-4-8-22/h2-18H,19H2,1H3,(H2,34,35)(H,36,40)(H,41,42). The van der Waals surface area contributed by atoms with Crippen LogP contribution in [0.5, 0.6) is 0 Å². The van der Waals surface area contributed by atoms with Crippen molar-refractivity contribution in [3.8, 4) is 28.3 Å². The maximum Gasteiger partial charge on any atom is 0.335 e. The molecule has 0 radical (unpaired) electrons. The molecule has 1 amide bonds. The smallest absolute Gasteiger partial charge is 0.335 e. The number of nitrogens with zero attached hydrogens (tertiary/aromatic N) is 4. The normalized spacial score (nSPS) is 11.0. The molecule has 6 aromatic rings. The number of hydrogen-bond acceptors (Lipinski definition) is 6. The van der Waals surface area contributed by atoms with Gasteiger partial charge in [0.05, 0.1) is 16.8 Å². The minimum Gasteiger partial charge on any atom is -0.478 e. The highest BCUT2D eigenvalue weighted by atomic mass is 16.4. The quantitative estimate of drug-likeness (QED) is 0.231. The molecule has 6 rings (SSSR count). The minimum atomic E-state index is -1.07. The lowest BCUT2D eigenvalue weighted by Gasteiger charge is -2.12. The molecule has 42 heavy (non-hydrogen) atoms. The predicted octanol–water partition coefficient (Wildman–Crippen LogP) is 5.67. The first-order valence-electron chi connectivity index (χ1n) is 13.3. The lowest BCUT2D eigenvalue weighted by atomic mass is 10.0. The SMILES string of the molecule is Cc1c(C(=O)O)cccc1C(=O)NCc1ccc(-n2c(-c3cccnc3N)nc3ccc(-c4ccccc4)nc32)cc1. The average molecular weight is 555 g/mol. The molecule has 0 saturated heterocycles. The molecule has 3 aromatic heterocycles. The van der Waals surface area contributed by atoms with E-state index < -0.39 is 5.97 Å². The average Bonchev–Trinajstić information content (AvgIpc) is 3.39. The Labute approximate surface area is 241 Å². The number of pyridine rings is 2. The van der Waals surface area contributed by atoms with E-state index in [4.69, 9.17) is 15.7 Å². The van der Waals surface area contributed by atoms with Gasteiger partial charge in [0.25, 0.3) is 5.91 Å². The summed E-state index contributed by atoms with van der Waals surface area (Å²) in [7, 11) is 0. The molecule has 4 N–H and O–H groups in total. The van der Waals surface area contributed by atoms with Gasteiger partial charge < -0.3 is 16.2 Å². The highest BCUT2D eigenvalue weighted by molar-refractivity contribution is 5.99. The zero-order valence-electron chi connectivity index (χ0n) is 22.7. The first-order valence-corrected chi connectivity index (χ1v) is 13.3. The van der Waals surface area contributed by atoms with Gasteiger partial charge in [-0.3, -0.25) is 9.36 Å². The molecule has 0 saturated carbocycles. The number of carboxylic acids is 1. The number of amides is 1. The van der Waals surface area contributed by atoms with Crippen LogP contribution >= 0.6 is 0 Å². The van der Waals surface area contributed by atoms with Crippen molar-refractivity contribution in [2.24, 2.45) is 0 Å². The third-order valence-electron chi connectivity index (χ3n) is 7.11. The van der Waals surface area contributed by atoms with Gasteiger partial charge in [-0.15, -0.1) is 0 Å². The van der Waals surface area contributed by atoms with Gasteiger partial charge >= 0.3 is 5.97 Å². The fraction of sp³-hybridized carbons (Fsp3) is 0.0606. The van der Waals surface area contributed by atoms with E-state index in [0.717, 1.165) is 22.5 Å². The molecule has 3 heterocycles. The Hall–Kier alpha value is -5.83. The Morgan fingerprint density at radius 3 is 2.36 bits per heavy atom. The van der Waals surface area contributed by atoms with Crippen LogP contribution in [0, 0.1) is 6.92 Å². The first kappa shape index (κ1) is 26.4. The number of carbonyl (C=O) groups excluding carboxylic acids is 1. The lowest BCUT2D eigenvalue weighted by molar-refractivity contribution is 0.0696. The number of benzene rings is 3. The van der Waals surface area contributed by atoms with Crippen LogP contribution in [-0.4, -0.2) is 36.5 Å². The van der Waals surface area contributed by atoms with Gasteiger partial charge in [0.1, 0.15) is 11.3 Å². The molecule has 9 heteroatoms. The summed E-state index contributed by atoms with van der Waals surface area (Å²) < 4.78 is 1.96. The second-order valence-electron chi connectivity index (χ2n) is 9.74. The number of rotatable bonds is 7. The van der Waals surface area contributed by atoms with E-state index in [9.17, 15) is 14.7 Å². The molecule has 0 unspecified atom stereocenters. The number of fused-ring (bicyclic) bond motifs is 1. The lowest BCUT2D eigenvalue weighted by Crippen LogP contribution is -2.24. The zero-order chi connectivity index (χ0) is 29.2. The van der Waals surface area contributed by atoms with E-state index in [1.54, 1.807) is 25.3 Å². The molecule has 0 fully saturated rings. The zero-order valence-corrected chi connectivity index (χ0v) is 22.7. The van der Waals surface area contributed by atoms with E-state index in [1.165, 1.54) is 6.07 Å². The van der Waals surface area contributed by atoms with Crippen molar-refractivity contribution < 1.29 is 14.7 Å². The van der Waals surface area contributed by atoms with E-state index in [1.807, 2.05) is 83.4 Å². The van der Waals surface area contributed by atoms with Crippen molar-refractivity contribution in [2.45, 2.75) is 13.5 Å². The van der Waals surface area contributed by atoms with Crippen LogP contribution in [0.3, 0.4) is 0 Å². The second kappa shape index (κ2) is 11.0. The Kier molecular flexibility index (Phi) is 6.90. The van der Waals surface area contributed by atoms with Crippen molar-refractivity contribution in [1.29, 1.82) is 0 Å². The van der Waals surface area contributed by atoms with Crippen molar-refractivity contribution >= 4 is 28.9 Å². The van der Waals surface area contributed by atoms with E-state index in [-0.39, 0.29) is 18.0 Å². The molecule has 0 aliphatic rings. The summed E-state index contributed by atoms with van der Waals surface area (Å²) in [5.41, 5.74) is 12.7. The van der Waals surface area contributed by atoms with Crippen molar-refractivity contribution in [3.05, 3.63) is 126 Å². The highest BCUT2D eigenvalue weighted by Crippen LogP contribution is 2.31. The topological polar surface area (TPSA) is 136 Å². The second-order valence-corrected chi connectivity index (χ2v) is 9.74. The molecule has 0 atom stereocenters. The van der Waals surface area contributed by atoms with E-state index >= 15 is 0 Å². The summed E-state index contributed by atoms with van der Waals surface area (Å²) in [5, 5.41) is 12.3. The number of aromatic nitrogens is 4. The fourth-order valence-corrected chi connectivity index (χ4v) is 4.91. The number of nitrogens with two attached hydrogens (primary N) is 1. The number of aromatic carboxylic acids is 1. The fourth-order valence-electron chi connectivity index (χ4n) is 4.91. The summed E-state index contributed by atoms with van der Waals surface area (Å²) in [6.07, 6.45) is 1.64. The molecule has 0 aliphatic carbocycles. The number of hydrogen-bond donors (Lipinski definition) is 3. The van der Waals surface area contributed by atoms with E-state index in [0.29, 0.717) is 39.5 Å². The van der Waals surface area contributed by atoms with Gasteiger partial charge in [-0.05, 0) is 66.6 Å². The van der Waals surface area contributed by atoms with E-state index in [2.05, 4.69) is 10.3 Å². The maximum atomic E-state index is 12.9.